The second kappa shape index (κ2) is 5.21. The van der Waals surface area contributed by atoms with Crippen LogP contribution in [0.3, 0.4) is 0 Å². The Balaban J connectivity index is 2.33. The lowest BCUT2D eigenvalue weighted by Gasteiger charge is -2.10. The molecular weight excluding hydrogens is 321 g/mol. The summed E-state index contributed by atoms with van der Waals surface area (Å²) in [6, 6.07) is 14.9. The topological polar surface area (TPSA) is 22.1 Å². The van der Waals surface area contributed by atoms with Gasteiger partial charge in [0.25, 0.3) is 0 Å². The van der Waals surface area contributed by atoms with E-state index in [1.165, 1.54) is 0 Å². The predicted molar refractivity (Wildman–Crippen MR) is 81.4 cm³/mol. The molecule has 3 rings (SSSR count). The Morgan fingerprint density at radius 1 is 1.10 bits per heavy atom. The summed E-state index contributed by atoms with van der Waals surface area (Å²) < 4.78 is 20.0. The lowest BCUT2D eigenvalue weighted by Crippen LogP contribution is -1.94. The molecule has 0 amide bonds. The van der Waals surface area contributed by atoms with E-state index in [9.17, 15) is 4.39 Å². The molecule has 100 valence electrons. The SMILES string of the molecule is COc1cc(-c2ccccc2)nc2c(F)c(Br)ccc12. The maximum atomic E-state index is 14.2. The average Bonchev–Trinajstić information content (AvgIpc) is 2.51. The molecule has 2 aromatic carbocycles. The van der Waals surface area contributed by atoms with E-state index in [2.05, 4.69) is 20.9 Å². The van der Waals surface area contributed by atoms with Crippen molar-refractivity contribution >= 4 is 26.8 Å². The summed E-state index contributed by atoms with van der Waals surface area (Å²) in [4.78, 5) is 4.43. The van der Waals surface area contributed by atoms with Crippen LogP contribution in [0, 0.1) is 5.82 Å². The van der Waals surface area contributed by atoms with Crippen molar-refractivity contribution in [1.82, 2.24) is 4.98 Å². The molecule has 0 unspecified atom stereocenters. The minimum Gasteiger partial charge on any atom is -0.496 e. The molecule has 20 heavy (non-hydrogen) atoms. The lowest BCUT2D eigenvalue weighted by atomic mass is 10.1. The number of hydrogen-bond acceptors (Lipinski definition) is 2. The molecule has 1 aromatic heterocycles. The van der Waals surface area contributed by atoms with Gasteiger partial charge in [-0.05, 0) is 28.1 Å². The van der Waals surface area contributed by atoms with E-state index >= 15 is 0 Å². The second-order valence-electron chi connectivity index (χ2n) is 4.33. The van der Waals surface area contributed by atoms with Gasteiger partial charge in [0.05, 0.1) is 17.3 Å². The molecule has 0 N–H and O–H groups in total. The summed E-state index contributed by atoms with van der Waals surface area (Å²) >= 11 is 3.19. The largest absolute Gasteiger partial charge is 0.496 e. The monoisotopic (exact) mass is 331 g/mol. The van der Waals surface area contributed by atoms with Crippen LogP contribution in [-0.4, -0.2) is 12.1 Å². The molecule has 2 nitrogen and oxygen atoms in total. The van der Waals surface area contributed by atoms with Crippen molar-refractivity contribution in [2.24, 2.45) is 0 Å². The highest BCUT2D eigenvalue weighted by atomic mass is 79.9. The summed E-state index contributed by atoms with van der Waals surface area (Å²) in [5.74, 6) is 0.235. The van der Waals surface area contributed by atoms with Crippen LogP contribution in [0.15, 0.2) is 53.0 Å². The molecule has 0 aliphatic carbocycles. The summed E-state index contributed by atoms with van der Waals surface area (Å²) in [6.07, 6.45) is 0. The fourth-order valence-electron chi connectivity index (χ4n) is 2.13. The Hall–Kier alpha value is -1.94. The third-order valence-corrected chi connectivity index (χ3v) is 3.74. The highest BCUT2D eigenvalue weighted by Crippen LogP contribution is 2.33. The molecular formula is C16H11BrFNO. The van der Waals surface area contributed by atoms with Gasteiger partial charge in [-0.3, -0.25) is 0 Å². The highest BCUT2D eigenvalue weighted by molar-refractivity contribution is 9.10. The number of benzene rings is 2. The number of halogens is 2. The van der Waals surface area contributed by atoms with Crippen molar-refractivity contribution in [3.05, 3.63) is 58.8 Å². The number of methoxy groups -OCH3 is 1. The summed E-state index contributed by atoms with van der Waals surface area (Å²) in [6.45, 7) is 0. The average molecular weight is 332 g/mol. The van der Waals surface area contributed by atoms with E-state index in [1.807, 2.05) is 36.4 Å². The molecule has 0 saturated heterocycles. The number of pyridine rings is 1. The van der Waals surface area contributed by atoms with Crippen molar-refractivity contribution in [3.63, 3.8) is 0 Å². The quantitative estimate of drug-likeness (QED) is 0.672. The molecule has 1 heterocycles. The van der Waals surface area contributed by atoms with Crippen LogP contribution in [0.5, 0.6) is 5.75 Å². The Labute approximate surface area is 124 Å². The fourth-order valence-corrected chi connectivity index (χ4v) is 2.45. The van der Waals surface area contributed by atoms with E-state index in [4.69, 9.17) is 4.74 Å². The van der Waals surface area contributed by atoms with E-state index < -0.39 is 0 Å². The van der Waals surface area contributed by atoms with Crippen LogP contribution in [0.1, 0.15) is 0 Å². The van der Waals surface area contributed by atoms with Gasteiger partial charge in [-0.25, -0.2) is 9.37 Å². The van der Waals surface area contributed by atoms with Crippen LogP contribution in [0.25, 0.3) is 22.2 Å². The van der Waals surface area contributed by atoms with Gasteiger partial charge in [-0.1, -0.05) is 30.3 Å². The third-order valence-electron chi connectivity index (χ3n) is 3.12. The number of nitrogens with zero attached hydrogens (tertiary/aromatic N) is 1. The molecule has 0 spiro atoms. The predicted octanol–water partition coefficient (Wildman–Crippen LogP) is 4.81. The van der Waals surface area contributed by atoms with Gasteiger partial charge in [-0.15, -0.1) is 0 Å². The minimum absolute atomic E-state index is 0.303. The van der Waals surface area contributed by atoms with Gasteiger partial charge in [0, 0.05) is 17.0 Å². The van der Waals surface area contributed by atoms with Crippen molar-refractivity contribution in [3.8, 4) is 17.0 Å². The maximum Gasteiger partial charge on any atom is 0.163 e. The van der Waals surface area contributed by atoms with Crippen LogP contribution in [0.4, 0.5) is 4.39 Å². The maximum absolute atomic E-state index is 14.2. The molecule has 0 aliphatic heterocycles. The van der Waals surface area contributed by atoms with Crippen molar-refractivity contribution in [2.45, 2.75) is 0 Å². The highest BCUT2D eigenvalue weighted by Gasteiger charge is 2.13. The van der Waals surface area contributed by atoms with Gasteiger partial charge in [0.15, 0.2) is 5.82 Å². The van der Waals surface area contributed by atoms with Crippen LogP contribution in [-0.2, 0) is 0 Å². The van der Waals surface area contributed by atoms with Crippen molar-refractivity contribution in [2.75, 3.05) is 7.11 Å². The molecule has 0 atom stereocenters. The van der Waals surface area contributed by atoms with Gasteiger partial charge in [-0.2, -0.15) is 0 Å². The third kappa shape index (κ3) is 2.16. The van der Waals surface area contributed by atoms with Gasteiger partial charge < -0.3 is 4.74 Å². The molecule has 0 bridgehead atoms. The van der Waals surface area contributed by atoms with Crippen LogP contribution >= 0.6 is 15.9 Å². The fraction of sp³-hybridized carbons (Fsp3) is 0.0625. The van der Waals surface area contributed by atoms with E-state index in [0.29, 0.717) is 26.8 Å². The first-order valence-corrected chi connectivity index (χ1v) is 6.88. The number of hydrogen-bond donors (Lipinski definition) is 0. The molecule has 0 saturated carbocycles. The van der Waals surface area contributed by atoms with Gasteiger partial charge in [0.1, 0.15) is 11.3 Å². The lowest BCUT2D eigenvalue weighted by molar-refractivity contribution is 0.419. The van der Waals surface area contributed by atoms with E-state index in [0.717, 1.165) is 5.56 Å². The first-order valence-electron chi connectivity index (χ1n) is 6.09. The normalized spacial score (nSPS) is 10.8. The minimum atomic E-state index is -0.376. The number of aromatic nitrogens is 1. The zero-order chi connectivity index (χ0) is 14.1. The molecule has 3 aromatic rings. The second-order valence-corrected chi connectivity index (χ2v) is 5.19. The van der Waals surface area contributed by atoms with Crippen molar-refractivity contribution < 1.29 is 9.13 Å². The Bertz CT molecular complexity index is 774. The summed E-state index contributed by atoms with van der Waals surface area (Å²) in [5, 5.41) is 0.660. The number of fused-ring (bicyclic) bond motifs is 1. The van der Waals surface area contributed by atoms with Crippen LogP contribution < -0.4 is 4.74 Å². The molecule has 0 fully saturated rings. The van der Waals surface area contributed by atoms with Gasteiger partial charge >= 0.3 is 0 Å². The number of rotatable bonds is 2. The standard InChI is InChI=1S/C16H11BrFNO/c1-20-14-9-13(10-5-3-2-4-6-10)19-16-11(14)7-8-12(17)15(16)18/h2-9H,1H3. The summed E-state index contributed by atoms with van der Waals surface area (Å²) in [5.41, 5.74) is 1.91. The zero-order valence-corrected chi connectivity index (χ0v) is 12.3. The van der Waals surface area contributed by atoms with E-state index in [-0.39, 0.29) is 5.82 Å². The summed E-state index contributed by atoms with van der Waals surface area (Å²) in [7, 11) is 1.57. The zero-order valence-electron chi connectivity index (χ0n) is 10.7. The molecule has 0 radical (unpaired) electrons. The Morgan fingerprint density at radius 3 is 2.55 bits per heavy atom. The Kier molecular flexibility index (Phi) is 3.40. The molecule has 0 aliphatic rings. The first kappa shape index (κ1) is 13.1. The Morgan fingerprint density at radius 2 is 1.85 bits per heavy atom. The first-order chi connectivity index (χ1) is 9.70. The van der Waals surface area contributed by atoms with Gasteiger partial charge in [0.2, 0.25) is 0 Å². The van der Waals surface area contributed by atoms with E-state index in [1.54, 1.807) is 19.2 Å². The molecule has 4 heteroatoms. The number of ether oxygens (including phenoxy) is 1. The van der Waals surface area contributed by atoms with Crippen LogP contribution in [0.2, 0.25) is 0 Å². The van der Waals surface area contributed by atoms with Crippen molar-refractivity contribution in [1.29, 1.82) is 0 Å². The smallest absolute Gasteiger partial charge is 0.163 e.